The summed E-state index contributed by atoms with van der Waals surface area (Å²) in [6, 6.07) is 9.07. The van der Waals surface area contributed by atoms with Gasteiger partial charge in [-0.1, -0.05) is 17.7 Å². The smallest absolute Gasteiger partial charge is 0.348 e. The second-order valence-corrected chi connectivity index (χ2v) is 6.67. The van der Waals surface area contributed by atoms with Crippen LogP contribution in [0.15, 0.2) is 47.3 Å². The van der Waals surface area contributed by atoms with Gasteiger partial charge < -0.3 is 5.32 Å². The highest BCUT2D eigenvalue weighted by Crippen LogP contribution is 2.20. The second kappa shape index (κ2) is 7.93. The molecule has 146 valence electrons. The Hall–Kier alpha value is -3.00. The number of rotatable bonds is 5. The van der Waals surface area contributed by atoms with Gasteiger partial charge in [-0.2, -0.15) is 9.78 Å². The topological polar surface area (TPSA) is 68.9 Å². The van der Waals surface area contributed by atoms with Crippen LogP contribution in [0.3, 0.4) is 0 Å². The zero-order valence-corrected chi connectivity index (χ0v) is 15.9. The molecule has 0 saturated carbocycles. The minimum Gasteiger partial charge on any atom is -0.348 e. The van der Waals surface area contributed by atoms with Gasteiger partial charge in [-0.05, 0) is 55.8 Å². The Morgan fingerprint density at radius 3 is 2.54 bits per heavy atom. The number of nitrogens with zero attached hydrogens (tertiary/aromatic N) is 3. The number of carbonyl (C=O) groups is 1. The maximum atomic E-state index is 13.6. The average molecular weight is 407 g/mol. The zero-order chi connectivity index (χ0) is 20.4. The normalized spacial score (nSPS) is 12.0. The van der Waals surface area contributed by atoms with Crippen LogP contribution in [0.4, 0.5) is 8.78 Å². The van der Waals surface area contributed by atoms with Crippen LogP contribution in [0.5, 0.6) is 0 Å². The predicted octanol–water partition coefficient (Wildman–Crippen LogP) is 3.15. The standard InChI is InChI=1S/C19H17ClF2N4O2/c1-11(13-3-8-16(20)17(22)9-13)23-18(27)10-25-12(2)24-26(19(25)28)15-6-4-14(21)5-7-15/h3-9,11H,10H2,1-2H3,(H,23,27)/t11-/m0/s1. The molecule has 3 rings (SSSR count). The van der Waals surface area contributed by atoms with E-state index in [1.807, 2.05) is 0 Å². The van der Waals surface area contributed by atoms with Crippen molar-refractivity contribution < 1.29 is 13.6 Å². The van der Waals surface area contributed by atoms with Crippen molar-refractivity contribution in [2.24, 2.45) is 0 Å². The lowest BCUT2D eigenvalue weighted by atomic mass is 10.1. The summed E-state index contributed by atoms with van der Waals surface area (Å²) < 4.78 is 29.0. The molecule has 0 saturated heterocycles. The van der Waals surface area contributed by atoms with Gasteiger partial charge in [0.25, 0.3) is 0 Å². The molecule has 1 heterocycles. The van der Waals surface area contributed by atoms with E-state index in [-0.39, 0.29) is 11.6 Å². The van der Waals surface area contributed by atoms with Gasteiger partial charge in [0.15, 0.2) is 0 Å². The van der Waals surface area contributed by atoms with Gasteiger partial charge in [0.2, 0.25) is 5.91 Å². The van der Waals surface area contributed by atoms with Crippen LogP contribution in [0, 0.1) is 18.6 Å². The molecule has 1 atom stereocenters. The van der Waals surface area contributed by atoms with Crippen LogP contribution in [-0.4, -0.2) is 20.3 Å². The fourth-order valence-corrected chi connectivity index (χ4v) is 2.84. The fraction of sp³-hybridized carbons (Fsp3) is 0.211. The number of hydrogen-bond donors (Lipinski definition) is 1. The Kier molecular flexibility index (Phi) is 5.60. The zero-order valence-electron chi connectivity index (χ0n) is 15.1. The molecule has 0 spiro atoms. The van der Waals surface area contributed by atoms with Crippen molar-refractivity contribution in [1.82, 2.24) is 19.7 Å². The Labute approximate surface area is 164 Å². The Morgan fingerprint density at radius 1 is 1.21 bits per heavy atom. The summed E-state index contributed by atoms with van der Waals surface area (Å²) in [5.74, 6) is -1.12. The number of nitrogens with one attached hydrogen (secondary N) is 1. The molecule has 1 aromatic heterocycles. The van der Waals surface area contributed by atoms with Crippen LogP contribution >= 0.6 is 11.6 Å². The van der Waals surface area contributed by atoms with E-state index in [1.165, 1.54) is 41.0 Å². The molecule has 0 fully saturated rings. The second-order valence-electron chi connectivity index (χ2n) is 6.27. The van der Waals surface area contributed by atoms with Gasteiger partial charge in [0.1, 0.15) is 24.0 Å². The van der Waals surface area contributed by atoms with E-state index < -0.39 is 29.3 Å². The predicted molar refractivity (Wildman–Crippen MR) is 100 cm³/mol. The van der Waals surface area contributed by atoms with E-state index in [2.05, 4.69) is 10.4 Å². The molecule has 0 unspecified atom stereocenters. The lowest BCUT2D eigenvalue weighted by molar-refractivity contribution is -0.122. The highest BCUT2D eigenvalue weighted by molar-refractivity contribution is 6.30. The van der Waals surface area contributed by atoms with Gasteiger partial charge in [0.05, 0.1) is 16.8 Å². The molecule has 3 aromatic rings. The fourth-order valence-electron chi connectivity index (χ4n) is 2.72. The SMILES string of the molecule is Cc1nn(-c2ccc(F)cc2)c(=O)n1CC(=O)N[C@@H](C)c1ccc(Cl)c(F)c1. The van der Waals surface area contributed by atoms with Gasteiger partial charge in [-0.3, -0.25) is 9.36 Å². The van der Waals surface area contributed by atoms with Crippen molar-refractivity contribution in [2.45, 2.75) is 26.4 Å². The van der Waals surface area contributed by atoms with Crippen molar-refractivity contribution in [3.8, 4) is 5.69 Å². The first-order valence-electron chi connectivity index (χ1n) is 8.43. The molecule has 9 heteroatoms. The third-order valence-electron chi connectivity index (χ3n) is 4.24. The first-order chi connectivity index (χ1) is 13.3. The van der Waals surface area contributed by atoms with Gasteiger partial charge in [-0.25, -0.2) is 13.6 Å². The highest BCUT2D eigenvalue weighted by atomic mass is 35.5. The van der Waals surface area contributed by atoms with Crippen LogP contribution in [0.2, 0.25) is 5.02 Å². The summed E-state index contributed by atoms with van der Waals surface area (Å²) in [6.07, 6.45) is 0. The molecule has 28 heavy (non-hydrogen) atoms. The van der Waals surface area contributed by atoms with Gasteiger partial charge >= 0.3 is 5.69 Å². The van der Waals surface area contributed by atoms with E-state index in [0.29, 0.717) is 17.1 Å². The molecule has 0 aliphatic rings. The maximum Gasteiger partial charge on any atom is 0.351 e. The molecule has 2 aromatic carbocycles. The number of hydrogen-bond acceptors (Lipinski definition) is 3. The lowest BCUT2D eigenvalue weighted by Gasteiger charge is -2.15. The monoisotopic (exact) mass is 406 g/mol. The number of amides is 1. The van der Waals surface area contributed by atoms with Crippen LogP contribution < -0.4 is 11.0 Å². The third kappa shape index (κ3) is 4.12. The third-order valence-corrected chi connectivity index (χ3v) is 4.55. The van der Waals surface area contributed by atoms with E-state index in [1.54, 1.807) is 19.9 Å². The lowest BCUT2D eigenvalue weighted by Crippen LogP contribution is -2.34. The van der Waals surface area contributed by atoms with Crippen molar-refractivity contribution in [1.29, 1.82) is 0 Å². The molecule has 0 bridgehead atoms. The summed E-state index contributed by atoms with van der Waals surface area (Å²) in [5.41, 5.74) is 0.407. The summed E-state index contributed by atoms with van der Waals surface area (Å²) in [5, 5.41) is 6.83. The van der Waals surface area contributed by atoms with Crippen LogP contribution in [0.25, 0.3) is 5.69 Å². The van der Waals surface area contributed by atoms with Crippen molar-refractivity contribution in [3.63, 3.8) is 0 Å². The number of aromatic nitrogens is 3. The molecule has 0 aliphatic carbocycles. The van der Waals surface area contributed by atoms with E-state index in [4.69, 9.17) is 11.6 Å². The maximum absolute atomic E-state index is 13.6. The molecule has 6 nitrogen and oxygen atoms in total. The van der Waals surface area contributed by atoms with Crippen LogP contribution in [0.1, 0.15) is 24.4 Å². The van der Waals surface area contributed by atoms with E-state index >= 15 is 0 Å². The Morgan fingerprint density at radius 2 is 1.89 bits per heavy atom. The van der Waals surface area contributed by atoms with Crippen molar-refractivity contribution >= 4 is 17.5 Å². The Balaban J connectivity index is 1.76. The number of benzene rings is 2. The summed E-state index contributed by atoms with van der Waals surface area (Å²) in [7, 11) is 0. The first kappa shape index (κ1) is 19.8. The summed E-state index contributed by atoms with van der Waals surface area (Å²) in [4.78, 5) is 24.9. The van der Waals surface area contributed by atoms with E-state index in [0.717, 1.165) is 4.68 Å². The summed E-state index contributed by atoms with van der Waals surface area (Å²) in [6.45, 7) is 3.02. The summed E-state index contributed by atoms with van der Waals surface area (Å²) >= 11 is 5.66. The number of halogens is 3. The molecular weight excluding hydrogens is 390 g/mol. The largest absolute Gasteiger partial charge is 0.351 e. The number of carbonyl (C=O) groups excluding carboxylic acids is 1. The first-order valence-corrected chi connectivity index (χ1v) is 8.81. The minimum atomic E-state index is -0.576. The molecule has 0 radical (unpaired) electrons. The number of aryl methyl sites for hydroxylation is 1. The minimum absolute atomic E-state index is 0.00217. The van der Waals surface area contributed by atoms with E-state index in [9.17, 15) is 18.4 Å². The highest BCUT2D eigenvalue weighted by Gasteiger charge is 2.17. The Bertz CT molecular complexity index is 1080. The van der Waals surface area contributed by atoms with Crippen molar-refractivity contribution in [2.75, 3.05) is 0 Å². The van der Waals surface area contributed by atoms with Crippen molar-refractivity contribution in [3.05, 3.63) is 81.0 Å². The quantitative estimate of drug-likeness (QED) is 0.707. The molecular formula is C19H17ClF2N4O2. The molecule has 1 N–H and O–H groups in total. The molecule has 1 amide bonds. The van der Waals surface area contributed by atoms with Crippen LogP contribution in [-0.2, 0) is 11.3 Å². The van der Waals surface area contributed by atoms with Gasteiger partial charge in [-0.15, -0.1) is 0 Å². The molecule has 0 aliphatic heterocycles. The van der Waals surface area contributed by atoms with Gasteiger partial charge in [0, 0.05) is 0 Å². The average Bonchev–Trinajstić information content (AvgIpc) is 2.92.